The van der Waals surface area contributed by atoms with Crippen LogP contribution < -0.4 is 9.47 Å². The maximum atomic E-state index is 5.19. The number of rotatable bonds is 5. The molecule has 1 unspecified atom stereocenters. The first kappa shape index (κ1) is 15.0. The lowest BCUT2D eigenvalue weighted by Gasteiger charge is -2.09. The van der Waals surface area contributed by atoms with Gasteiger partial charge in [0.05, 0.1) is 25.8 Å². The quantitative estimate of drug-likeness (QED) is 0.841. The first-order valence-corrected chi connectivity index (χ1v) is 8.15. The summed E-state index contributed by atoms with van der Waals surface area (Å²) in [6.07, 6.45) is 1.03. The van der Waals surface area contributed by atoms with Crippen LogP contribution in [0, 0.1) is 0 Å². The summed E-state index contributed by atoms with van der Waals surface area (Å²) in [5.74, 6) is 1.78. The molecule has 0 N–H and O–H groups in total. The van der Waals surface area contributed by atoms with Crippen LogP contribution in [0.25, 0.3) is 0 Å². The number of hydrogen-bond acceptors (Lipinski definition) is 4. The minimum Gasteiger partial charge on any atom is -0.497 e. The van der Waals surface area contributed by atoms with Gasteiger partial charge in [0.1, 0.15) is 11.5 Å². The van der Waals surface area contributed by atoms with E-state index in [0.29, 0.717) is 5.25 Å². The van der Waals surface area contributed by atoms with E-state index in [1.54, 1.807) is 14.2 Å². The Labute approximate surface area is 135 Å². The summed E-state index contributed by atoms with van der Waals surface area (Å²) in [6.45, 7) is 0.873. The lowest BCUT2D eigenvalue weighted by molar-refractivity contribution is 0.414. The van der Waals surface area contributed by atoms with Gasteiger partial charge < -0.3 is 9.47 Å². The van der Waals surface area contributed by atoms with Crippen molar-refractivity contribution in [3.63, 3.8) is 0 Å². The van der Waals surface area contributed by atoms with Gasteiger partial charge in [-0.05, 0) is 48.4 Å². The molecule has 0 fully saturated rings. The standard InChI is InChI=1S/C18H19NO2S/c1-20-15-7-3-13(4-8-15)11-17-12-19-18(22-17)14-5-9-16(21-2)10-6-14/h3-10,17H,11-12H2,1-2H3. The van der Waals surface area contributed by atoms with Crippen molar-refractivity contribution in [2.75, 3.05) is 20.8 Å². The van der Waals surface area contributed by atoms with Crippen LogP contribution in [0.3, 0.4) is 0 Å². The molecule has 0 aliphatic carbocycles. The molecule has 2 aromatic carbocycles. The molecule has 0 saturated carbocycles. The van der Waals surface area contributed by atoms with Gasteiger partial charge >= 0.3 is 0 Å². The molecule has 0 spiro atoms. The van der Waals surface area contributed by atoms with Crippen molar-refractivity contribution in [2.45, 2.75) is 11.7 Å². The predicted molar refractivity (Wildman–Crippen MR) is 92.5 cm³/mol. The van der Waals surface area contributed by atoms with Crippen LogP contribution in [0.4, 0.5) is 0 Å². The van der Waals surface area contributed by atoms with E-state index in [1.807, 2.05) is 36.0 Å². The Hall–Kier alpha value is -1.94. The van der Waals surface area contributed by atoms with Crippen molar-refractivity contribution in [3.05, 3.63) is 59.7 Å². The Morgan fingerprint density at radius 1 is 0.955 bits per heavy atom. The maximum absolute atomic E-state index is 5.19. The zero-order chi connectivity index (χ0) is 15.4. The number of aliphatic imine (C=N–C) groups is 1. The average molecular weight is 313 g/mol. The lowest BCUT2D eigenvalue weighted by Crippen LogP contribution is -2.07. The largest absolute Gasteiger partial charge is 0.497 e. The van der Waals surface area contributed by atoms with Gasteiger partial charge in [-0.25, -0.2) is 0 Å². The molecule has 1 aliphatic heterocycles. The fourth-order valence-electron chi connectivity index (χ4n) is 2.44. The fraction of sp³-hybridized carbons (Fsp3) is 0.278. The molecule has 1 aliphatic rings. The van der Waals surface area contributed by atoms with Gasteiger partial charge in [-0.15, -0.1) is 11.8 Å². The molecule has 0 aromatic heterocycles. The Morgan fingerprint density at radius 3 is 2.14 bits per heavy atom. The number of hydrogen-bond donors (Lipinski definition) is 0. The first-order valence-electron chi connectivity index (χ1n) is 7.27. The molecule has 3 rings (SSSR count). The van der Waals surface area contributed by atoms with E-state index < -0.39 is 0 Å². The first-order chi connectivity index (χ1) is 10.8. The third-order valence-electron chi connectivity index (χ3n) is 3.68. The zero-order valence-corrected chi connectivity index (χ0v) is 13.6. The molecule has 1 atom stereocenters. The van der Waals surface area contributed by atoms with Crippen molar-refractivity contribution in [3.8, 4) is 11.5 Å². The number of thioether (sulfide) groups is 1. The fourth-order valence-corrected chi connectivity index (χ4v) is 3.60. The number of nitrogens with zero attached hydrogens (tertiary/aromatic N) is 1. The van der Waals surface area contributed by atoms with Gasteiger partial charge in [0.2, 0.25) is 0 Å². The molecule has 0 amide bonds. The second-order valence-electron chi connectivity index (χ2n) is 5.17. The van der Waals surface area contributed by atoms with E-state index >= 15 is 0 Å². The lowest BCUT2D eigenvalue weighted by atomic mass is 10.1. The Kier molecular flexibility index (Phi) is 4.68. The smallest absolute Gasteiger partial charge is 0.118 e. The Balaban J connectivity index is 1.60. The second kappa shape index (κ2) is 6.88. The third-order valence-corrected chi connectivity index (χ3v) is 4.91. The van der Waals surface area contributed by atoms with Crippen LogP contribution in [-0.2, 0) is 6.42 Å². The van der Waals surface area contributed by atoms with E-state index in [-0.39, 0.29) is 0 Å². The predicted octanol–water partition coefficient (Wildman–Crippen LogP) is 3.81. The van der Waals surface area contributed by atoms with E-state index in [1.165, 1.54) is 11.1 Å². The van der Waals surface area contributed by atoms with Crippen LogP contribution >= 0.6 is 11.8 Å². The monoisotopic (exact) mass is 313 g/mol. The summed E-state index contributed by atoms with van der Waals surface area (Å²) < 4.78 is 10.4. The van der Waals surface area contributed by atoms with Crippen LogP contribution in [0.2, 0.25) is 0 Å². The van der Waals surface area contributed by atoms with E-state index in [4.69, 9.17) is 9.47 Å². The highest BCUT2D eigenvalue weighted by atomic mass is 32.2. The SMILES string of the molecule is COc1ccc(CC2CN=C(c3ccc(OC)cc3)S2)cc1. The van der Waals surface area contributed by atoms with Crippen LogP contribution in [0.5, 0.6) is 11.5 Å². The third kappa shape index (κ3) is 3.45. The summed E-state index contributed by atoms with van der Waals surface area (Å²) in [6, 6.07) is 16.4. The van der Waals surface area contributed by atoms with Crippen LogP contribution in [-0.4, -0.2) is 31.1 Å². The Bertz CT molecular complexity index is 650. The van der Waals surface area contributed by atoms with Gasteiger partial charge in [-0.2, -0.15) is 0 Å². The topological polar surface area (TPSA) is 30.8 Å². The van der Waals surface area contributed by atoms with E-state index in [9.17, 15) is 0 Å². The van der Waals surface area contributed by atoms with Gasteiger partial charge in [-0.3, -0.25) is 4.99 Å². The zero-order valence-electron chi connectivity index (χ0n) is 12.8. The molecule has 1 heterocycles. The van der Waals surface area contributed by atoms with E-state index in [0.717, 1.165) is 29.5 Å². The molecule has 114 valence electrons. The highest BCUT2D eigenvalue weighted by Crippen LogP contribution is 2.29. The second-order valence-corrected chi connectivity index (χ2v) is 6.46. The molecule has 4 heteroatoms. The van der Waals surface area contributed by atoms with Gasteiger partial charge in [0, 0.05) is 10.8 Å². The van der Waals surface area contributed by atoms with E-state index in [2.05, 4.69) is 29.3 Å². The van der Waals surface area contributed by atoms with Gasteiger partial charge in [0.25, 0.3) is 0 Å². The summed E-state index contributed by atoms with van der Waals surface area (Å²) in [4.78, 5) is 4.69. The molecule has 3 nitrogen and oxygen atoms in total. The number of ether oxygens (including phenoxy) is 2. The summed E-state index contributed by atoms with van der Waals surface area (Å²) in [5.41, 5.74) is 2.49. The van der Waals surface area contributed by atoms with Crippen LogP contribution in [0.15, 0.2) is 53.5 Å². The Morgan fingerprint density at radius 2 is 1.55 bits per heavy atom. The molecule has 22 heavy (non-hydrogen) atoms. The highest BCUT2D eigenvalue weighted by Gasteiger charge is 2.21. The van der Waals surface area contributed by atoms with Crippen molar-refractivity contribution in [1.82, 2.24) is 0 Å². The van der Waals surface area contributed by atoms with Gasteiger partial charge in [0.15, 0.2) is 0 Å². The normalized spacial score (nSPS) is 17.2. The molecule has 0 saturated heterocycles. The summed E-state index contributed by atoms with van der Waals surface area (Å²) in [5, 5.41) is 1.63. The average Bonchev–Trinajstić information content (AvgIpc) is 3.04. The molecular weight excluding hydrogens is 294 g/mol. The highest BCUT2D eigenvalue weighted by molar-refractivity contribution is 8.15. The molecule has 0 bridgehead atoms. The maximum Gasteiger partial charge on any atom is 0.118 e. The van der Waals surface area contributed by atoms with Crippen LogP contribution in [0.1, 0.15) is 11.1 Å². The minimum atomic E-state index is 0.505. The summed E-state index contributed by atoms with van der Waals surface area (Å²) in [7, 11) is 3.37. The molecule has 0 radical (unpaired) electrons. The van der Waals surface area contributed by atoms with Gasteiger partial charge in [-0.1, -0.05) is 12.1 Å². The van der Waals surface area contributed by atoms with Crippen molar-refractivity contribution < 1.29 is 9.47 Å². The summed E-state index contributed by atoms with van der Waals surface area (Å²) >= 11 is 1.86. The minimum absolute atomic E-state index is 0.505. The molecular formula is C18H19NO2S. The number of benzene rings is 2. The van der Waals surface area contributed by atoms with Crippen molar-refractivity contribution in [2.24, 2.45) is 4.99 Å². The van der Waals surface area contributed by atoms with Crippen molar-refractivity contribution >= 4 is 16.8 Å². The molecule has 2 aromatic rings. The van der Waals surface area contributed by atoms with Crippen molar-refractivity contribution in [1.29, 1.82) is 0 Å². The number of methoxy groups -OCH3 is 2.